The minimum Gasteiger partial charge on any atom is -0.288 e. The second kappa shape index (κ2) is 18.8. The molecule has 0 amide bonds. The largest absolute Gasteiger partial charge is 0.288 e. The lowest BCUT2D eigenvalue weighted by molar-refractivity contribution is -0.109. The summed E-state index contributed by atoms with van der Waals surface area (Å²) in [6.45, 7) is 5.42. The zero-order valence-corrected chi connectivity index (χ0v) is 15.7. The van der Waals surface area contributed by atoms with Crippen molar-refractivity contribution >= 4 is 16.9 Å². The molecule has 0 aliphatic heterocycles. The highest BCUT2D eigenvalue weighted by Crippen LogP contribution is 2.14. The van der Waals surface area contributed by atoms with E-state index in [2.05, 4.69) is 6.58 Å². The Morgan fingerprint density at radius 2 is 1.09 bits per heavy atom. The zero-order valence-electron chi connectivity index (χ0n) is 14.9. The first-order valence-corrected chi connectivity index (χ1v) is 10.5. The Labute approximate surface area is 143 Å². The van der Waals surface area contributed by atoms with Crippen LogP contribution in [0.3, 0.4) is 0 Å². The number of thioether (sulfide) groups is 1. The van der Waals surface area contributed by atoms with Crippen molar-refractivity contribution in [3.05, 3.63) is 12.7 Å². The van der Waals surface area contributed by atoms with E-state index >= 15 is 0 Å². The molecule has 0 fully saturated rings. The molecule has 0 bridgehead atoms. The molecule has 0 unspecified atom stereocenters. The molecule has 0 atom stereocenters. The molecule has 0 rings (SSSR count). The highest BCUT2D eigenvalue weighted by atomic mass is 32.2. The van der Waals surface area contributed by atoms with Crippen LogP contribution in [0.1, 0.15) is 103 Å². The molecule has 0 N–H and O–H groups in total. The van der Waals surface area contributed by atoms with Gasteiger partial charge in [0.1, 0.15) is 0 Å². The third kappa shape index (κ3) is 19.8. The van der Waals surface area contributed by atoms with Crippen LogP contribution in [0.2, 0.25) is 0 Å². The average molecular weight is 327 g/mol. The minimum atomic E-state index is 0.261. The normalized spacial score (nSPS) is 10.8. The van der Waals surface area contributed by atoms with E-state index < -0.39 is 0 Å². The molecule has 0 spiro atoms. The van der Waals surface area contributed by atoms with Crippen molar-refractivity contribution in [2.45, 2.75) is 103 Å². The highest BCUT2D eigenvalue weighted by molar-refractivity contribution is 8.13. The monoisotopic (exact) mass is 326 g/mol. The van der Waals surface area contributed by atoms with E-state index in [9.17, 15) is 4.79 Å². The summed E-state index contributed by atoms with van der Waals surface area (Å²) in [7, 11) is 0. The summed E-state index contributed by atoms with van der Waals surface area (Å²) in [5.74, 6) is 1.02. The van der Waals surface area contributed by atoms with Gasteiger partial charge in [0.15, 0.2) is 5.12 Å². The minimum absolute atomic E-state index is 0.261. The molecule has 2 heteroatoms. The molecular weight excluding hydrogens is 288 g/mol. The first-order valence-electron chi connectivity index (χ1n) is 9.51. The Morgan fingerprint density at radius 3 is 1.45 bits per heavy atom. The molecule has 0 aliphatic rings. The third-order valence-corrected chi connectivity index (χ3v) is 5.01. The first-order chi connectivity index (χ1) is 10.8. The standard InChI is InChI=1S/C20H38OS/c1-3-4-5-6-7-8-9-10-11-12-13-14-15-16-17-18-19-22-20(2)21/h3H,1,4-19H2,2H3. The number of carbonyl (C=O) groups is 1. The van der Waals surface area contributed by atoms with Crippen LogP contribution in [0.4, 0.5) is 0 Å². The number of unbranched alkanes of at least 4 members (excludes halogenated alkanes) is 14. The molecule has 0 saturated heterocycles. The van der Waals surface area contributed by atoms with Gasteiger partial charge >= 0.3 is 0 Å². The molecule has 0 aliphatic carbocycles. The molecule has 0 saturated carbocycles. The van der Waals surface area contributed by atoms with Gasteiger partial charge in [-0.05, 0) is 19.3 Å². The summed E-state index contributed by atoms with van der Waals surface area (Å²) >= 11 is 1.47. The van der Waals surface area contributed by atoms with Crippen molar-refractivity contribution in [3.8, 4) is 0 Å². The Morgan fingerprint density at radius 1 is 0.727 bits per heavy atom. The lowest BCUT2D eigenvalue weighted by atomic mass is 10.0. The van der Waals surface area contributed by atoms with Gasteiger partial charge in [0, 0.05) is 12.7 Å². The number of carbonyl (C=O) groups excluding carboxylic acids is 1. The van der Waals surface area contributed by atoms with Crippen LogP contribution in [0.15, 0.2) is 12.7 Å². The number of hydrogen-bond acceptors (Lipinski definition) is 2. The van der Waals surface area contributed by atoms with Crippen molar-refractivity contribution in [1.82, 2.24) is 0 Å². The summed E-state index contributed by atoms with van der Waals surface area (Å²) in [6.07, 6.45) is 22.6. The van der Waals surface area contributed by atoms with Crippen LogP contribution < -0.4 is 0 Å². The van der Waals surface area contributed by atoms with Crippen LogP contribution >= 0.6 is 11.8 Å². The van der Waals surface area contributed by atoms with Crippen LogP contribution in [-0.4, -0.2) is 10.9 Å². The summed E-state index contributed by atoms with van der Waals surface area (Å²) < 4.78 is 0. The van der Waals surface area contributed by atoms with E-state index in [1.54, 1.807) is 6.92 Å². The maximum Gasteiger partial charge on any atom is 0.185 e. The van der Waals surface area contributed by atoms with Crippen molar-refractivity contribution in [2.75, 3.05) is 5.75 Å². The molecule has 22 heavy (non-hydrogen) atoms. The third-order valence-electron chi connectivity index (χ3n) is 4.11. The van der Waals surface area contributed by atoms with Gasteiger partial charge in [-0.3, -0.25) is 4.79 Å². The maximum absolute atomic E-state index is 10.8. The topological polar surface area (TPSA) is 17.1 Å². The van der Waals surface area contributed by atoms with Crippen LogP contribution in [-0.2, 0) is 4.79 Å². The van der Waals surface area contributed by atoms with Gasteiger partial charge in [0.25, 0.3) is 0 Å². The number of allylic oxidation sites excluding steroid dienone is 1. The summed E-state index contributed by atoms with van der Waals surface area (Å²) in [6, 6.07) is 0. The molecular formula is C20H38OS. The second-order valence-electron chi connectivity index (χ2n) is 6.37. The fourth-order valence-electron chi connectivity index (χ4n) is 2.73. The zero-order chi connectivity index (χ0) is 16.3. The van der Waals surface area contributed by atoms with Gasteiger partial charge in [-0.1, -0.05) is 94.9 Å². The number of hydrogen-bond donors (Lipinski definition) is 0. The summed E-state index contributed by atoms with van der Waals surface area (Å²) in [5.41, 5.74) is 0. The van der Waals surface area contributed by atoms with Gasteiger partial charge in [0.2, 0.25) is 0 Å². The van der Waals surface area contributed by atoms with E-state index in [4.69, 9.17) is 0 Å². The lowest BCUT2D eigenvalue weighted by Crippen LogP contribution is -1.87. The van der Waals surface area contributed by atoms with Crippen LogP contribution in [0.25, 0.3) is 0 Å². The van der Waals surface area contributed by atoms with Gasteiger partial charge in [-0.15, -0.1) is 6.58 Å². The summed E-state index contributed by atoms with van der Waals surface area (Å²) in [4.78, 5) is 10.8. The van der Waals surface area contributed by atoms with E-state index in [0.29, 0.717) is 0 Å². The molecule has 1 nitrogen and oxygen atoms in total. The SMILES string of the molecule is C=CCCCCCCCCCCCCCCCCSC(C)=O. The fraction of sp³-hybridized carbons (Fsp3) is 0.850. The second-order valence-corrected chi connectivity index (χ2v) is 7.64. The van der Waals surface area contributed by atoms with E-state index in [-0.39, 0.29) is 5.12 Å². The van der Waals surface area contributed by atoms with Gasteiger partial charge in [0.05, 0.1) is 0 Å². The quantitative estimate of drug-likeness (QED) is 0.206. The fourth-order valence-corrected chi connectivity index (χ4v) is 3.36. The molecule has 0 radical (unpaired) electrons. The van der Waals surface area contributed by atoms with E-state index in [0.717, 1.165) is 5.75 Å². The first kappa shape index (κ1) is 21.8. The van der Waals surface area contributed by atoms with Crippen molar-refractivity contribution in [3.63, 3.8) is 0 Å². The van der Waals surface area contributed by atoms with E-state index in [1.807, 2.05) is 6.08 Å². The van der Waals surface area contributed by atoms with Crippen LogP contribution in [0, 0.1) is 0 Å². The predicted octanol–water partition coefficient (Wildman–Crippen LogP) is 7.30. The molecule has 0 aromatic rings. The molecule has 130 valence electrons. The van der Waals surface area contributed by atoms with Gasteiger partial charge in [-0.25, -0.2) is 0 Å². The predicted molar refractivity (Wildman–Crippen MR) is 103 cm³/mol. The average Bonchev–Trinajstić information content (AvgIpc) is 2.50. The van der Waals surface area contributed by atoms with E-state index in [1.165, 1.54) is 108 Å². The Hall–Kier alpha value is -0.240. The van der Waals surface area contributed by atoms with Gasteiger partial charge < -0.3 is 0 Å². The number of rotatable bonds is 17. The molecule has 0 heterocycles. The van der Waals surface area contributed by atoms with Crippen molar-refractivity contribution in [1.29, 1.82) is 0 Å². The Balaban J connectivity index is 2.97. The Bertz CT molecular complexity index is 250. The maximum atomic E-state index is 10.8. The summed E-state index contributed by atoms with van der Waals surface area (Å²) in [5, 5.41) is 0.261. The molecule has 0 aromatic heterocycles. The lowest BCUT2D eigenvalue weighted by Gasteiger charge is -2.03. The van der Waals surface area contributed by atoms with Gasteiger partial charge in [-0.2, -0.15) is 0 Å². The highest BCUT2D eigenvalue weighted by Gasteiger charge is 1.96. The Kier molecular flexibility index (Phi) is 18.6. The van der Waals surface area contributed by atoms with Crippen molar-refractivity contribution in [2.24, 2.45) is 0 Å². The van der Waals surface area contributed by atoms with Crippen LogP contribution in [0.5, 0.6) is 0 Å². The molecule has 0 aromatic carbocycles. The smallest absolute Gasteiger partial charge is 0.185 e. The van der Waals surface area contributed by atoms with Crippen molar-refractivity contribution < 1.29 is 4.79 Å².